The number of carbonyl (C=O) groups is 1. The van der Waals surface area contributed by atoms with Crippen molar-refractivity contribution in [1.29, 1.82) is 0 Å². The summed E-state index contributed by atoms with van der Waals surface area (Å²) in [6, 6.07) is 3.38. The molecule has 0 amide bonds. The third kappa shape index (κ3) is 5.74. The number of ether oxygens (including phenoxy) is 1. The molecule has 5 nitrogen and oxygen atoms in total. The lowest BCUT2D eigenvalue weighted by Gasteiger charge is -2.67. The zero-order valence-electron chi connectivity index (χ0n) is 25.9. The van der Waals surface area contributed by atoms with Crippen LogP contribution in [0.5, 0.6) is 0 Å². The molecule has 3 aliphatic heterocycles. The van der Waals surface area contributed by atoms with Crippen LogP contribution in [0.1, 0.15) is 100 Å². The molecule has 3 fully saturated rings. The Kier molecular flexibility index (Phi) is 8.86. The summed E-state index contributed by atoms with van der Waals surface area (Å²) in [6.07, 6.45) is 7.58. The van der Waals surface area contributed by atoms with E-state index in [0.29, 0.717) is 5.57 Å². The van der Waals surface area contributed by atoms with Gasteiger partial charge in [0.25, 0.3) is 0 Å². The molecule has 0 aromatic heterocycles. The Labute approximate surface area is 231 Å². The third-order valence-electron chi connectivity index (χ3n) is 9.76. The van der Waals surface area contributed by atoms with Gasteiger partial charge in [-0.1, -0.05) is 32.8 Å². The van der Waals surface area contributed by atoms with Gasteiger partial charge in [-0.2, -0.15) is 0 Å². The summed E-state index contributed by atoms with van der Waals surface area (Å²) < 4.78 is 29.2. The maximum absolute atomic E-state index is 13.3. The van der Waals surface area contributed by atoms with Crippen LogP contribution in [0.25, 0.3) is 0 Å². The van der Waals surface area contributed by atoms with Crippen molar-refractivity contribution in [3.63, 3.8) is 0 Å². The first kappa shape index (κ1) is 31.5. The molecule has 3 rings (SSSR count). The molecule has 4 unspecified atom stereocenters. The summed E-state index contributed by atoms with van der Waals surface area (Å²) in [5.74, 6) is -0.253. The van der Waals surface area contributed by atoms with Gasteiger partial charge in [-0.15, -0.1) is 0 Å². The molecule has 4 atom stereocenters. The fourth-order valence-electron chi connectivity index (χ4n) is 8.93. The summed E-state index contributed by atoms with van der Waals surface area (Å²) in [5.41, 5.74) is -0.182. The van der Waals surface area contributed by atoms with Gasteiger partial charge in [-0.05, 0) is 112 Å². The van der Waals surface area contributed by atoms with Gasteiger partial charge in [0.2, 0.25) is 0 Å². The highest BCUT2D eigenvalue weighted by molar-refractivity contribution is 7.88. The van der Waals surface area contributed by atoms with Gasteiger partial charge in [-0.25, -0.2) is 4.79 Å². The summed E-state index contributed by atoms with van der Waals surface area (Å²) in [4.78, 5) is 13.3. The highest BCUT2D eigenvalue weighted by Gasteiger charge is 2.81. The number of carbonyl (C=O) groups excluding carboxylic acids is 1. The quantitative estimate of drug-likeness (QED) is 0.175. The summed E-state index contributed by atoms with van der Waals surface area (Å²) in [5, 5.41) is 0. The van der Waals surface area contributed by atoms with Crippen molar-refractivity contribution in [2.45, 2.75) is 161 Å². The Morgan fingerprint density at radius 3 is 1.38 bits per heavy atom. The van der Waals surface area contributed by atoms with Crippen molar-refractivity contribution in [3.05, 3.63) is 12.2 Å². The van der Waals surface area contributed by atoms with E-state index in [1.807, 2.05) is 0 Å². The van der Waals surface area contributed by atoms with E-state index in [4.69, 9.17) is 18.0 Å². The van der Waals surface area contributed by atoms with E-state index in [-0.39, 0.29) is 28.5 Å². The van der Waals surface area contributed by atoms with Crippen molar-refractivity contribution >= 4 is 36.1 Å². The molecule has 214 valence electrons. The SMILES string of the molecule is C=C(C)C(=O)OC(CC)[Si]([Si]1(C)CCCC(C)(C)O1)([Si]1(C)CCCC(C)(C)O1)[Si]1(C)CCCC(C)(C)O1. The van der Waals surface area contributed by atoms with Gasteiger partial charge in [0.05, 0.1) is 22.5 Å². The molecule has 0 radical (unpaired) electrons. The van der Waals surface area contributed by atoms with E-state index in [1.54, 1.807) is 6.92 Å². The lowest BCUT2D eigenvalue weighted by atomic mass is 10.0. The van der Waals surface area contributed by atoms with Crippen molar-refractivity contribution in [2.24, 2.45) is 0 Å². The number of hydrogen-bond acceptors (Lipinski definition) is 5. The van der Waals surface area contributed by atoms with Crippen LogP contribution in [-0.2, 0) is 22.8 Å². The van der Waals surface area contributed by atoms with Crippen molar-refractivity contribution in [1.82, 2.24) is 0 Å². The summed E-state index contributed by atoms with van der Waals surface area (Å²) in [6.45, 7) is 26.5. The molecule has 0 aliphatic carbocycles. The average Bonchev–Trinajstić information content (AvgIpc) is 2.69. The highest BCUT2D eigenvalue weighted by atomic mass is 29.9. The standard InChI is InChI=1S/C28H56O5Si4/c1-13-24(30-25(29)23(2)3)37(34(10)20-14-17-26(4,5)31-34,35(11)21-15-18-27(6,7)32-35)36(12)22-16-19-28(8,9)33-36/h24H,2,13-22H2,1,3-12H3. The van der Waals surface area contributed by atoms with Crippen LogP contribution in [0.3, 0.4) is 0 Å². The van der Waals surface area contributed by atoms with Crippen LogP contribution < -0.4 is 0 Å². The number of rotatable bonds is 7. The number of hydrogen-bond donors (Lipinski definition) is 0. The molecule has 37 heavy (non-hydrogen) atoms. The van der Waals surface area contributed by atoms with Crippen LogP contribution in [0.4, 0.5) is 0 Å². The van der Waals surface area contributed by atoms with Crippen LogP contribution in [0.15, 0.2) is 12.2 Å². The molecule has 0 aromatic carbocycles. The topological polar surface area (TPSA) is 54.0 Å². The first-order valence-corrected chi connectivity index (χ1v) is 27.7. The lowest BCUT2D eigenvalue weighted by Crippen LogP contribution is -2.95. The van der Waals surface area contributed by atoms with Crippen LogP contribution in [0.2, 0.25) is 37.8 Å². The van der Waals surface area contributed by atoms with Gasteiger partial charge >= 0.3 is 5.97 Å². The fraction of sp³-hybridized carbons (Fsp3) is 0.893. The average molecular weight is 585 g/mol. The second-order valence-corrected chi connectivity index (χ2v) is 47.6. The molecule has 3 aliphatic rings. The van der Waals surface area contributed by atoms with E-state index >= 15 is 0 Å². The summed E-state index contributed by atoms with van der Waals surface area (Å²) >= 11 is 0. The van der Waals surface area contributed by atoms with Crippen LogP contribution in [-0.4, -0.2) is 58.6 Å². The van der Waals surface area contributed by atoms with Crippen LogP contribution >= 0.6 is 0 Å². The second kappa shape index (κ2) is 10.4. The maximum Gasteiger partial charge on any atom is 0.333 e. The minimum Gasteiger partial charge on any atom is -0.463 e. The molecule has 3 heterocycles. The van der Waals surface area contributed by atoms with E-state index in [0.717, 1.165) is 43.8 Å². The molecule has 0 aromatic rings. The van der Waals surface area contributed by atoms with Crippen molar-refractivity contribution < 1.29 is 22.8 Å². The normalized spacial score (nSPS) is 37.7. The predicted octanol–water partition coefficient (Wildman–Crippen LogP) is 7.60. The Morgan fingerprint density at radius 1 is 0.811 bits per heavy atom. The van der Waals surface area contributed by atoms with Crippen molar-refractivity contribution in [3.8, 4) is 0 Å². The van der Waals surface area contributed by atoms with Gasteiger partial charge in [0, 0.05) is 5.57 Å². The molecule has 9 heteroatoms. The van der Waals surface area contributed by atoms with E-state index < -0.39 is 30.1 Å². The predicted molar refractivity (Wildman–Crippen MR) is 163 cm³/mol. The largest absolute Gasteiger partial charge is 0.463 e. The lowest BCUT2D eigenvalue weighted by molar-refractivity contribution is -0.141. The Bertz CT molecular complexity index is 806. The van der Waals surface area contributed by atoms with Crippen molar-refractivity contribution in [2.75, 3.05) is 0 Å². The maximum atomic E-state index is 13.3. The Balaban J connectivity index is 2.41. The van der Waals surface area contributed by atoms with Crippen LogP contribution in [0, 0.1) is 0 Å². The second-order valence-electron chi connectivity index (χ2n) is 14.7. The van der Waals surface area contributed by atoms with Gasteiger partial charge in [0.1, 0.15) is 0 Å². The highest BCUT2D eigenvalue weighted by Crippen LogP contribution is 2.55. The molecule has 0 spiro atoms. The third-order valence-corrected chi connectivity index (χ3v) is 72.8. The van der Waals surface area contributed by atoms with Gasteiger partial charge < -0.3 is 18.0 Å². The van der Waals surface area contributed by atoms with Gasteiger partial charge in [0.15, 0.2) is 30.1 Å². The molecule has 0 N–H and O–H groups in total. The van der Waals surface area contributed by atoms with E-state index in [2.05, 4.69) is 74.7 Å². The van der Waals surface area contributed by atoms with E-state index in [1.165, 1.54) is 19.3 Å². The zero-order chi connectivity index (χ0) is 28.1. The minimum absolute atomic E-state index is 0.154. The Morgan fingerprint density at radius 2 is 1.14 bits per heavy atom. The Hall–Kier alpha value is -0.0425. The molecule has 3 saturated heterocycles. The minimum atomic E-state index is -2.70. The fourth-order valence-corrected chi connectivity index (χ4v) is 91.1. The molecular formula is C28H56O5Si4. The zero-order valence-corrected chi connectivity index (χ0v) is 29.9. The molecule has 0 bridgehead atoms. The molecular weight excluding hydrogens is 529 g/mol. The first-order chi connectivity index (χ1) is 16.8. The first-order valence-electron chi connectivity index (χ1n) is 14.7. The summed E-state index contributed by atoms with van der Waals surface area (Å²) in [7, 11) is -7.43. The monoisotopic (exact) mass is 584 g/mol. The van der Waals surface area contributed by atoms with E-state index in [9.17, 15) is 4.79 Å². The smallest absolute Gasteiger partial charge is 0.333 e. The molecule has 0 saturated carbocycles. The number of esters is 1. The van der Waals surface area contributed by atoms with Gasteiger partial charge in [-0.3, -0.25) is 0 Å².